The molecule has 7 heteroatoms. The van der Waals surface area contributed by atoms with Crippen LogP contribution in [0.2, 0.25) is 0 Å². The minimum atomic E-state index is -0.951. The monoisotopic (exact) mass is 451 g/mol. The molecule has 3 unspecified atom stereocenters. The molecule has 1 aromatic heterocycles. The van der Waals surface area contributed by atoms with Gasteiger partial charge in [0.25, 0.3) is 0 Å². The zero-order valence-electron chi connectivity index (χ0n) is 19.4. The average Bonchev–Trinajstić information content (AvgIpc) is 3.28. The first-order chi connectivity index (χ1) is 15.8. The first kappa shape index (κ1) is 24.7. The summed E-state index contributed by atoms with van der Waals surface area (Å²) >= 11 is 0. The van der Waals surface area contributed by atoms with Gasteiger partial charge in [-0.15, -0.1) is 6.58 Å². The van der Waals surface area contributed by atoms with Crippen LogP contribution in [0.3, 0.4) is 0 Å². The molecule has 7 nitrogen and oxygen atoms in total. The largest absolute Gasteiger partial charge is 0.490 e. The fourth-order valence-corrected chi connectivity index (χ4v) is 3.85. The molecule has 0 spiro atoms. The molecule has 0 aliphatic rings. The summed E-state index contributed by atoms with van der Waals surface area (Å²) < 4.78 is 7.76. The normalized spacial score (nSPS) is 15.1. The van der Waals surface area contributed by atoms with Gasteiger partial charge in [-0.2, -0.15) is 0 Å². The number of ether oxygens (including phenoxy) is 1. The Balaban J connectivity index is 1.94. The van der Waals surface area contributed by atoms with Crippen molar-refractivity contribution in [2.75, 3.05) is 27.2 Å². The molecule has 3 rings (SSSR count). The van der Waals surface area contributed by atoms with E-state index < -0.39 is 24.4 Å². The summed E-state index contributed by atoms with van der Waals surface area (Å²) in [5.41, 5.74) is 2.47. The zero-order valence-corrected chi connectivity index (χ0v) is 19.4. The molecule has 0 radical (unpaired) electrons. The standard InChI is InChI=1S/C26H33N3O4/c1-5-23(29-14-13-27-26(29)18(2)30)25(32)20-11-12-22(19-9-7-6-8-10-19)24(15-20)33-17-21(31)16-28(3)4/h5-15,18,21,23,25,30-32H,1,16-17H2,2-4H3/t18-,21?,23?,25?/m0/s1. The van der Waals surface area contributed by atoms with Gasteiger partial charge in [0, 0.05) is 24.5 Å². The Morgan fingerprint density at radius 1 is 1.12 bits per heavy atom. The molecular weight excluding hydrogens is 418 g/mol. The number of aliphatic hydroxyl groups excluding tert-OH is 3. The molecule has 0 saturated heterocycles. The van der Waals surface area contributed by atoms with Gasteiger partial charge >= 0.3 is 0 Å². The number of likely N-dealkylation sites (N-methyl/N-ethyl adjacent to an activating group) is 1. The van der Waals surface area contributed by atoms with E-state index in [1.807, 2.05) is 61.5 Å². The van der Waals surface area contributed by atoms with E-state index in [1.165, 1.54) is 0 Å². The highest BCUT2D eigenvalue weighted by Gasteiger charge is 2.24. The fourth-order valence-electron chi connectivity index (χ4n) is 3.85. The van der Waals surface area contributed by atoms with Crippen molar-refractivity contribution in [3.05, 3.63) is 85.0 Å². The molecule has 0 bridgehead atoms. The predicted molar refractivity (Wildman–Crippen MR) is 129 cm³/mol. The summed E-state index contributed by atoms with van der Waals surface area (Å²) in [6, 6.07) is 14.8. The van der Waals surface area contributed by atoms with Gasteiger partial charge in [-0.3, -0.25) is 0 Å². The predicted octanol–water partition coefficient (Wildman–Crippen LogP) is 3.37. The van der Waals surface area contributed by atoms with Crippen LogP contribution in [0.15, 0.2) is 73.6 Å². The second-order valence-electron chi connectivity index (χ2n) is 8.39. The Kier molecular flexibility index (Phi) is 8.41. The molecular formula is C26H33N3O4. The van der Waals surface area contributed by atoms with Crippen LogP contribution in [0.4, 0.5) is 0 Å². The van der Waals surface area contributed by atoms with Crippen molar-refractivity contribution in [3.63, 3.8) is 0 Å². The van der Waals surface area contributed by atoms with E-state index in [0.29, 0.717) is 23.7 Å². The minimum absolute atomic E-state index is 0.121. The lowest BCUT2D eigenvalue weighted by atomic mass is 9.97. The summed E-state index contributed by atoms with van der Waals surface area (Å²) in [4.78, 5) is 6.10. The van der Waals surface area contributed by atoms with Crippen LogP contribution in [0.5, 0.6) is 5.75 Å². The Labute approximate surface area is 195 Å². The second-order valence-corrected chi connectivity index (χ2v) is 8.39. The van der Waals surface area contributed by atoms with Crippen LogP contribution in [-0.4, -0.2) is 63.1 Å². The van der Waals surface area contributed by atoms with E-state index in [0.717, 1.165) is 11.1 Å². The number of aromatic nitrogens is 2. The lowest BCUT2D eigenvalue weighted by Crippen LogP contribution is -2.30. The summed E-state index contributed by atoms with van der Waals surface area (Å²) in [5.74, 6) is 1.02. The van der Waals surface area contributed by atoms with Crippen LogP contribution in [0, 0.1) is 0 Å². The number of hydrogen-bond donors (Lipinski definition) is 3. The van der Waals surface area contributed by atoms with E-state index in [1.54, 1.807) is 36.0 Å². The van der Waals surface area contributed by atoms with E-state index in [4.69, 9.17) is 4.74 Å². The van der Waals surface area contributed by atoms with Crippen LogP contribution >= 0.6 is 0 Å². The summed E-state index contributed by atoms with van der Waals surface area (Å²) in [5, 5.41) is 31.6. The molecule has 33 heavy (non-hydrogen) atoms. The third-order valence-corrected chi connectivity index (χ3v) is 5.40. The van der Waals surface area contributed by atoms with Gasteiger partial charge in [0.2, 0.25) is 0 Å². The summed E-state index contributed by atoms with van der Waals surface area (Å²) in [6.07, 6.45) is 2.54. The first-order valence-corrected chi connectivity index (χ1v) is 11.0. The maximum absolute atomic E-state index is 11.2. The SMILES string of the molecule is C=CC(C(O)c1ccc(-c2ccccc2)c(OCC(O)CN(C)C)c1)n1ccnc1[C@H](C)O. The van der Waals surface area contributed by atoms with Crippen molar-refractivity contribution < 1.29 is 20.1 Å². The third kappa shape index (κ3) is 6.09. The molecule has 0 aliphatic carbocycles. The van der Waals surface area contributed by atoms with Gasteiger partial charge in [-0.05, 0) is 38.2 Å². The van der Waals surface area contributed by atoms with Crippen molar-refractivity contribution in [1.29, 1.82) is 0 Å². The van der Waals surface area contributed by atoms with Gasteiger partial charge in [0.1, 0.15) is 36.5 Å². The van der Waals surface area contributed by atoms with Crippen LogP contribution in [0.25, 0.3) is 11.1 Å². The molecule has 0 saturated carbocycles. The molecule has 0 aliphatic heterocycles. The maximum atomic E-state index is 11.2. The molecule has 0 amide bonds. The lowest BCUT2D eigenvalue weighted by molar-refractivity contribution is 0.0830. The molecule has 2 aromatic carbocycles. The van der Waals surface area contributed by atoms with Crippen molar-refractivity contribution >= 4 is 0 Å². The molecule has 3 N–H and O–H groups in total. The number of aliphatic hydroxyl groups is 3. The number of nitrogens with zero attached hydrogens (tertiary/aromatic N) is 3. The summed E-state index contributed by atoms with van der Waals surface area (Å²) in [7, 11) is 3.78. The molecule has 4 atom stereocenters. The van der Waals surface area contributed by atoms with Gasteiger partial charge in [0.05, 0.1) is 6.04 Å². The minimum Gasteiger partial charge on any atom is -0.490 e. The Morgan fingerprint density at radius 2 is 1.85 bits per heavy atom. The lowest BCUT2D eigenvalue weighted by Gasteiger charge is -2.25. The Hall–Kier alpha value is -2.97. The first-order valence-electron chi connectivity index (χ1n) is 11.0. The number of imidazole rings is 1. The van der Waals surface area contributed by atoms with Crippen LogP contribution in [0.1, 0.15) is 36.6 Å². The van der Waals surface area contributed by atoms with E-state index in [-0.39, 0.29) is 6.61 Å². The van der Waals surface area contributed by atoms with Crippen LogP contribution in [-0.2, 0) is 0 Å². The van der Waals surface area contributed by atoms with Crippen molar-refractivity contribution in [1.82, 2.24) is 14.5 Å². The smallest absolute Gasteiger partial charge is 0.137 e. The summed E-state index contributed by atoms with van der Waals surface area (Å²) in [6.45, 7) is 6.11. The topological polar surface area (TPSA) is 91.0 Å². The van der Waals surface area contributed by atoms with Crippen molar-refractivity contribution in [3.8, 4) is 16.9 Å². The number of hydrogen-bond acceptors (Lipinski definition) is 6. The Bertz CT molecular complexity index is 1030. The van der Waals surface area contributed by atoms with E-state index in [9.17, 15) is 15.3 Å². The van der Waals surface area contributed by atoms with Crippen molar-refractivity contribution in [2.24, 2.45) is 0 Å². The Morgan fingerprint density at radius 3 is 2.48 bits per heavy atom. The highest BCUT2D eigenvalue weighted by molar-refractivity contribution is 5.71. The molecule has 176 valence electrons. The maximum Gasteiger partial charge on any atom is 0.137 e. The highest BCUT2D eigenvalue weighted by Crippen LogP contribution is 2.36. The second kappa shape index (κ2) is 11.2. The number of rotatable bonds is 11. The molecule has 1 heterocycles. The fraction of sp³-hybridized carbons (Fsp3) is 0.346. The van der Waals surface area contributed by atoms with Crippen molar-refractivity contribution in [2.45, 2.75) is 31.3 Å². The third-order valence-electron chi connectivity index (χ3n) is 5.40. The van der Waals surface area contributed by atoms with Gasteiger partial charge < -0.3 is 29.5 Å². The van der Waals surface area contributed by atoms with E-state index in [2.05, 4.69) is 11.6 Å². The average molecular weight is 452 g/mol. The van der Waals surface area contributed by atoms with Gasteiger partial charge in [0.15, 0.2) is 0 Å². The zero-order chi connectivity index (χ0) is 24.0. The van der Waals surface area contributed by atoms with Gasteiger partial charge in [-0.25, -0.2) is 4.98 Å². The molecule has 3 aromatic rings. The molecule has 0 fully saturated rings. The van der Waals surface area contributed by atoms with Gasteiger partial charge in [-0.1, -0.05) is 48.5 Å². The quantitative estimate of drug-likeness (QED) is 0.387. The number of benzene rings is 2. The highest BCUT2D eigenvalue weighted by atomic mass is 16.5. The van der Waals surface area contributed by atoms with Crippen LogP contribution < -0.4 is 4.74 Å². The van der Waals surface area contributed by atoms with E-state index >= 15 is 0 Å².